The van der Waals surface area contributed by atoms with Crippen LogP contribution in [-0.4, -0.2) is 47.5 Å². The zero-order valence-corrected chi connectivity index (χ0v) is 13.3. The van der Waals surface area contributed by atoms with Crippen molar-refractivity contribution in [3.8, 4) is 0 Å². The zero-order chi connectivity index (χ0) is 13.2. The largest absolute Gasteiger partial charge is 0.301 e. The lowest BCUT2D eigenvalue weighted by atomic mass is 10.2. The van der Waals surface area contributed by atoms with Gasteiger partial charge in [-0.3, -0.25) is 4.90 Å². The third kappa shape index (κ3) is 3.32. The van der Waals surface area contributed by atoms with Crippen LogP contribution >= 0.6 is 24.0 Å². The molecule has 3 rings (SSSR count). The van der Waals surface area contributed by atoms with E-state index in [1.807, 2.05) is 11.3 Å². The minimum absolute atomic E-state index is 0.754. The second-order valence-electron chi connectivity index (χ2n) is 5.56. The van der Waals surface area contributed by atoms with E-state index < -0.39 is 0 Å². The lowest BCUT2D eigenvalue weighted by Gasteiger charge is -2.33. The molecule has 1 aliphatic carbocycles. The number of rotatable bonds is 5. The molecule has 2 heterocycles. The Morgan fingerprint density at radius 3 is 2.47 bits per heavy atom. The van der Waals surface area contributed by atoms with E-state index >= 15 is 0 Å². The van der Waals surface area contributed by atoms with Gasteiger partial charge in [-0.05, 0) is 19.4 Å². The topological polar surface area (TPSA) is 19.4 Å². The van der Waals surface area contributed by atoms with E-state index in [1.54, 1.807) is 0 Å². The summed E-state index contributed by atoms with van der Waals surface area (Å²) in [6.45, 7) is 9.24. The van der Waals surface area contributed by atoms with Crippen molar-refractivity contribution in [1.29, 1.82) is 0 Å². The molecule has 106 valence electrons. The molecule has 0 amide bonds. The molecule has 1 aromatic heterocycles. The maximum Gasteiger partial charge on any atom is 0.107 e. The lowest BCUT2D eigenvalue weighted by Crippen LogP contribution is -2.45. The van der Waals surface area contributed by atoms with E-state index in [1.165, 1.54) is 61.1 Å². The highest BCUT2D eigenvalue weighted by Gasteiger charge is 2.29. The van der Waals surface area contributed by atoms with Crippen LogP contribution in [0.2, 0.25) is 0 Å². The number of nitrogens with zero attached hydrogens (tertiary/aromatic N) is 3. The minimum Gasteiger partial charge on any atom is -0.301 e. The molecule has 0 spiro atoms. The van der Waals surface area contributed by atoms with E-state index in [0.717, 1.165) is 18.2 Å². The van der Waals surface area contributed by atoms with Gasteiger partial charge in [0.1, 0.15) is 5.01 Å². The first-order valence-electron chi connectivity index (χ1n) is 7.34. The SMILES string of the molecule is CCN1CCN(Cc2nc(C3CC3)c(CS)s2)CC1. The maximum absolute atomic E-state index is 4.89. The van der Waals surface area contributed by atoms with Gasteiger partial charge in [0.2, 0.25) is 0 Å². The van der Waals surface area contributed by atoms with Gasteiger partial charge in [-0.25, -0.2) is 4.98 Å². The van der Waals surface area contributed by atoms with Crippen LogP contribution in [0.5, 0.6) is 0 Å². The summed E-state index contributed by atoms with van der Waals surface area (Å²) in [7, 11) is 0. The lowest BCUT2D eigenvalue weighted by molar-refractivity contribution is 0.132. The van der Waals surface area contributed by atoms with Crippen LogP contribution in [0.3, 0.4) is 0 Å². The number of likely N-dealkylation sites (N-methyl/N-ethyl adjacent to an activating group) is 1. The zero-order valence-electron chi connectivity index (χ0n) is 11.6. The van der Waals surface area contributed by atoms with Crippen LogP contribution in [0.1, 0.15) is 41.3 Å². The predicted octanol–water partition coefficient (Wildman–Crippen LogP) is 2.59. The summed E-state index contributed by atoms with van der Waals surface area (Å²) in [6.07, 6.45) is 2.66. The number of hydrogen-bond donors (Lipinski definition) is 1. The number of aromatic nitrogens is 1. The molecular weight excluding hydrogens is 274 g/mol. The van der Waals surface area contributed by atoms with E-state index in [-0.39, 0.29) is 0 Å². The Hall–Kier alpha value is -0.100. The van der Waals surface area contributed by atoms with Crippen molar-refractivity contribution >= 4 is 24.0 Å². The third-order valence-corrected chi connectivity index (χ3v) is 5.74. The summed E-state index contributed by atoms with van der Waals surface area (Å²) in [4.78, 5) is 11.4. The second-order valence-corrected chi connectivity index (χ2v) is 7.04. The molecule has 1 saturated carbocycles. The molecule has 0 atom stereocenters. The Balaban J connectivity index is 1.60. The van der Waals surface area contributed by atoms with E-state index in [2.05, 4.69) is 29.4 Å². The summed E-state index contributed by atoms with van der Waals surface area (Å²) >= 11 is 6.34. The number of thiazole rings is 1. The first-order chi connectivity index (χ1) is 9.30. The van der Waals surface area contributed by atoms with E-state index in [9.17, 15) is 0 Å². The first kappa shape index (κ1) is 13.9. The summed E-state index contributed by atoms with van der Waals surface area (Å²) in [5.74, 6) is 1.61. The second kappa shape index (κ2) is 6.12. The number of hydrogen-bond acceptors (Lipinski definition) is 5. The van der Waals surface area contributed by atoms with Crippen molar-refractivity contribution in [2.75, 3.05) is 32.7 Å². The van der Waals surface area contributed by atoms with Crippen molar-refractivity contribution < 1.29 is 0 Å². The highest BCUT2D eigenvalue weighted by molar-refractivity contribution is 7.79. The minimum atomic E-state index is 0.754. The van der Waals surface area contributed by atoms with Crippen molar-refractivity contribution in [3.63, 3.8) is 0 Å². The molecule has 2 fully saturated rings. The van der Waals surface area contributed by atoms with Crippen molar-refractivity contribution in [2.45, 2.75) is 38.0 Å². The Kier molecular flexibility index (Phi) is 4.47. The van der Waals surface area contributed by atoms with Crippen LogP contribution in [0, 0.1) is 0 Å². The fraction of sp³-hybridized carbons (Fsp3) is 0.786. The van der Waals surface area contributed by atoms with E-state index in [0.29, 0.717) is 0 Å². The highest BCUT2D eigenvalue weighted by Crippen LogP contribution is 2.43. The number of piperazine rings is 1. The molecule has 1 aliphatic heterocycles. The molecule has 19 heavy (non-hydrogen) atoms. The van der Waals surface area contributed by atoms with Crippen LogP contribution in [0.15, 0.2) is 0 Å². The quantitative estimate of drug-likeness (QED) is 0.843. The summed E-state index contributed by atoms with van der Waals surface area (Å²) in [6, 6.07) is 0. The molecule has 1 aromatic rings. The Morgan fingerprint density at radius 1 is 1.21 bits per heavy atom. The highest BCUT2D eigenvalue weighted by atomic mass is 32.1. The molecule has 0 N–H and O–H groups in total. The van der Waals surface area contributed by atoms with Gasteiger partial charge in [0.15, 0.2) is 0 Å². The third-order valence-electron chi connectivity index (χ3n) is 4.15. The van der Waals surface area contributed by atoms with Gasteiger partial charge in [-0.1, -0.05) is 6.92 Å². The summed E-state index contributed by atoms with van der Waals surface area (Å²) < 4.78 is 0. The van der Waals surface area contributed by atoms with Crippen LogP contribution in [0.4, 0.5) is 0 Å². The normalized spacial score (nSPS) is 22.0. The maximum atomic E-state index is 4.89. The molecule has 1 saturated heterocycles. The van der Waals surface area contributed by atoms with Crippen molar-refractivity contribution in [1.82, 2.24) is 14.8 Å². The van der Waals surface area contributed by atoms with Crippen LogP contribution in [-0.2, 0) is 12.3 Å². The summed E-state index contributed by atoms with van der Waals surface area (Å²) in [5, 5.41) is 1.30. The molecule has 5 heteroatoms. The van der Waals surface area contributed by atoms with Gasteiger partial charge in [0, 0.05) is 42.7 Å². The summed E-state index contributed by atoms with van der Waals surface area (Å²) in [5.41, 5.74) is 1.36. The first-order valence-corrected chi connectivity index (χ1v) is 8.79. The average molecular weight is 297 g/mol. The number of thiol groups is 1. The van der Waals surface area contributed by atoms with Gasteiger partial charge >= 0.3 is 0 Å². The Bertz CT molecular complexity index is 420. The fourth-order valence-corrected chi connectivity index (χ4v) is 4.14. The molecule has 3 nitrogen and oxygen atoms in total. The smallest absolute Gasteiger partial charge is 0.107 e. The van der Waals surface area contributed by atoms with Crippen molar-refractivity contribution in [2.24, 2.45) is 0 Å². The monoisotopic (exact) mass is 297 g/mol. The van der Waals surface area contributed by atoms with E-state index in [4.69, 9.17) is 4.98 Å². The molecule has 2 aliphatic rings. The van der Waals surface area contributed by atoms with Gasteiger partial charge in [-0.15, -0.1) is 11.3 Å². The van der Waals surface area contributed by atoms with Gasteiger partial charge in [0.25, 0.3) is 0 Å². The average Bonchev–Trinajstić information content (AvgIpc) is 3.21. The Morgan fingerprint density at radius 2 is 1.89 bits per heavy atom. The molecule has 0 radical (unpaired) electrons. The molecular formula is C14H23N3S2. The molecule has 0 unspecified atom stereocenters. The van der Waals surface area contributed by atoms with Crippen LogP contribution < -0.4 is 0 Å². The molecule has 0 bridgehead atoms. The van der Waals surface area contributed by atoms with Gasteiger partial charge < -0.3 is 4.90 Å². The van der Waals surface area contributed by atoms with Gasteiger partial charge in [-0.2, -0.15) is 12.6 Å². The Labute approximate surface area is 125 Å². The fourth-order valence-electron chi connectivity index (χ4n) is 2.73. The van der Waals surface area contributed by atoms with Crippen molar-refractivity contribution in [3.05, 3.63) is 15.6 Å². The standard InChI is InChI=1S/C14H23N3S2/c1-2-16-5-7-17(8-6-16)9-13-15-14(11-3-4-11)12(10-18)19-13/h11,18H,2-10H2,1H3. The molecule has 0 aromatic carbocycles. The predicted molar refractivity (Wildman–Crippen MR) is 84.2 cm³/mol. The van der Waals surface area contributed by atoms with Gasteiger partial charge in [0.05, 0.1) is 12.2 Å². The van der Waals surface area contributed by atoms with Crippen LogP contribution in [0.25, 0.3) is 0 Å².